The van der Waals surface area contributed by atoms with Crippen LogP contribution in [0.4, 0.5) is 0 Å². The third-order valence-corrected chi connectivity index (χ3v) is 2.71. The second-order valence-corrected chi connectivity index (χ2v) is 3.85. The molecule has 1 fully saturated rings. The summed E-state index contributed by atoms with van der Waals surface area (Å²) in [6.45, 7) is 3.09. The number of aliphatic hydroxyl groups excluding tert-OH is 1. The zero-order valence-corrected chi connectivity index (χ0v) is 8.73. The van der Waals surface area contributed by atoms with Crippen molar-refractivity contribution in [1.29, 1.82) is 0 Å². The van der Waals surface area contributed by atoms with Gasteiger partial charge >= 0.3 is 5.97 Å². The zero-order valence-electron chi connectivity index (χ0n) is 8.73. The molecule has 1 saturated heterocycles. The van der Waals surface area contributed by atoms with Gasteiger partial charge in [-0.15, -0.1) is 0 Å². The van der Waals surface area contributed by atoms with Gasteiger partial charge in [0.2, 0.25) is 0 Å². The van der Waals surface area contributed by atoms with Gasteiger partial charge in [-0.1, -0.05) is 6.92 Å². The third kappa shape index (κ3) is 2.96. The lowest BCUT2D eigenvalue weighted by atomic mass is 9.93. The van der Waals surface area contributed by atoms with E-state index in [2.05, 4.69) is 4.74 Å². The molecule has 1 rings (SSSR count). The van der Waals surface area contributed by atoms with Crippen molar-refractivity contribution in [3.05, 3.63) is 0 Å². The number of carbonyl (C=O) groups excluding carboxylic acids is 1. The second-order valence-electron chi connectivity index (χ2n) is 3.85. The van der Waals surface area contributed by atoms with Crippen molar-refractivity contribution in [2.24, 2.45) is 11.8 Å². The lowest BCUT2D eigenvalue weighted by Gasteiger charge is -2.19. The maximum atomic E-state index is 11.1. The van der Waals surface area contributed by atoms with Gasteiger partial charge in [-0.2, -0.15) is 0 Å². The quantitative estimate of drug-likeness (QED) is 0.678. The normalized spacial score (nSPS) is 25.8. The Balaban J connectivity index is 2.31. The first-order valence-electron chi connectivity index (χ1n) is 4.98. The van der Waals surface area contributed by atoms with E-state index < -0.39 is 6.10 Å². The minimum Gasteiger partial charge on any atom is -0.469 e. The highest BCUT2D eigenvalue weighted by Gasteiger charge is 2.27. The molecule has 4 nitrogen and oxygen atoms in total. The average molecular weight is 202 g/mol. The lowest BCUT2D eigenvalue weighted by molar-refractivity contribution is -0.146. The molecule has 3 unspecified atom stereocenters. The summed E-state index contributed by atoms with van der Waals surface area (Å²) in [5.74, 6) is -0.319. The Hall–Kier alpha value is -0.610. The maximum Gasteiger partial charge on any atom is 0.308 e. The fourth-order valence-corrected chi connectivity index (χ4v) is 1.71. The standard InChI is InChI=1S/C10H18O4/c1-7(10(12)13-2)5-9(11)8-3-4-14-6-8/h7-9,11H,3-6H2,1-2H3. The van der Waals surface area contributed by atoms with E-state index in [1.807, 2.05) is 0 Å². The van der Waals surface area contributed by atoms with E-state index in [4.69, 9.17) is 4.74 Å². The molecule has 82 valence electrons. The predicted octanol–water partition coefficient (Wildman–Crippen LogP) is 0.583. The highest BCUT2D eigenvalue weighted by molar-refractivity contribution is 5.71. The number of carbonyl (C=O) groups is 1. The van der Waals surface area contributed by atoms with Crippen molar-refractivity contribution < 1.29 is 19.4 Å². The van der Waals surface area contributed by atoms with Crippen molar-refractivity contribution >= 4 is 5.97 Å². The summed E-state index contributed by atoms with van der Waals surface area (Å²) in [7, 11) is 1.36. The summed E-state index contributed by atoms with van der Waals surface area (Å²) in [4.78, 5) is 11.1. The van der Waals surface area contributed by atoms with E-state index in [0.717, 1.165) is 6.42 Å². The van der Waals surface area contributed by atoms with Crippen LogP contribution in [0.3, 0.4) is 0 Å². The minimum absolute atomic E-state index is 0.183. The van der Waals surface area contributed by atoms with Gasteiger partial charge in [-0.3, -0.25) is 4.79 Å². The fraction of sp³-hybridized carbons (Fsp3) is 0.900. The Bertz CT molecular complexity index is 187. The Morgan fingerprint density at radius 1 is 1.71 bits per heavy atom. The largest absolute Gasteiger partial charge is 0.469 e. The van der Waals surface area contributed by atoms with Crippen molar-refractivity contribution in [2.45, 2.75) is 25.9 Å². The Morgan fingerprint density at radius 2 is 2.43 bits per heavy atom. The van der Waals surface area contributed by atoms with Crippen LogP contribution in [0.15, 0.2) is 0 Å². The molecule has 1 aliphatic heterocycles. The smallest absolute Gasteiger partial charge is 0.308 e. The van der Waals surface area contributed by atoms with Crippen LogP contribution in [0.1, 0.15) is 19.8 Å². The SMILES string of the molecule is COC(=O)C(C)CC(O)C1CCOC1. The molecule has 0 radical (unpaired) electrons. The lowest BCUT2D eigenvalue weighted by Crippen LogP contribution is -2.26. The highest BCUT2D eigenvalue weighted by Crippen LogP contribution is 2.21. The molecule has 1 aliphatic rings. The van der Waals surface area contributed by atoms with E-state index in [0.29, 0.717) is 19.6 Å². The van der Waals surface area contributed by atoms with Crippen molar-refractivity contribution in [1.82, 2.24) is 0 Å². The van der Waals surface area contributed by atoms with Crippen LogP contribution in [0.2, 0.25) is 0 Å². The van der Waals surface area contributed by atoms with Crippen molar-refractivity contribution in [2.75, 3.05) is 20.3 Å². The summed E-state index contributed by atoms with van der Waals surface area (Å²) < 4.78 is 9.76. The maximum absolute atomic E-state index is 11.1. The number of hydrogen-bond donors (Lipinski definition) is 1. The summed E-state index contributed by atoms with van der Waals surface area (Å²) >= 11 is 0. The Labute approximate surface area is 84.2 Å². The van der Waals surface area contributed by atoms with Gasteiger partial charge in [0.1, 0.15) is 0 Å². The number of aliphatic hydroxyl groups is 1. The number of hydrogen-bond acceptors (Lipinski definition) is 4. The molecule has 0 bridgehead atoms. The predicted molar refractivity (Wildman–Crippen MR) is 50.7 cm³/mol. The summed E-state index contributed by atoms with van der Waals surface area (Å²) in [5, 5.41) is 9.78. The van der Waals surface area contributed by atoms with Gasteiger partial charge in [0.15, 0.2) is 0 Å². The van der Waals surface area contributed by atoms with Crippen molar-refractivity contribution in [3.63, 3.8) is 0 Å². The molecule has 14 heavy (non-hydrogen) atoms. The summed E-state index contributed by atoms with van der Waals surface area (Å²) in [5.41, 5.74) is 0. The Morgan fingerprint density at radius 3 is 2.93 bits per heavy atom. The molecule has 0 aliphatic carbocycles. The zero-order chi connectivity index (χ0) is 10.6. The molecule has 0 aromatic carbocycles. The number of rotatable bonds is 4. The van der Waals surface area contributed by atoms with E-state index in [1.165, 1.54) is 7.11 Å². The fourth-order valence-electron chi connectivity index (χ4n) is 1.71. The van der Waals surface area contributed by atoms with Crippen LogP contribution in [-0.2, 0) is 14.3 Å². The first-order chi connectivity index (χ1) is 6.65. The van der Waals surface area contributed by atoms with E-state index in [-0.39, 0.29) is 17.8 Å². The molecule has 1 heterocycles. The highest BCUT2D eigenvalue weighted by atomic mass is 16.5. The van der Waals surface area contributed by atoms with Gasteiger partial charge in [0.05, 0.1) is 25.7 Å². The first kappa shape index (κ1) is 11.5. The first-order valence-corrected chi connectivity index (χ1v) is 4.98. The van der Waals surface area contributed by atoms with Gasteiger partial charge < -0.3 is 14.6 Å². The van der Waals surface area contributed by atoms with Gasteiger partial charge in [0, 0.05) is 12.5 Å². The van der Waals surface area contributed by atoms with Gasteiger partial charge in [-0.25, -0.2) is 0 Å². The Kier molecular flexibility index (Phi) is 4.35. The molecular weight excluding hydrogens is 184 g/mol. The van der Waals surface area contributed by atoms with Crippen LogP contribution in [0, 0.1) is 11.8 Å². The van der Waals surface area contributed by atoms with Gasteiger partial charge in [-0.05, 0) is 12.8 Å². The molecule has 0 spiro atoms. The topological polar surface area (TPSA) is 55.8 Å². The van der Waals surface area contributed by atoms with Crippen LogP contribution in [-0.4, -0.2) is 37.5 Å². The number of ether oxygens (including phenoxy) is 2. The van der Waals surface area contributed by atoms with Crippen LogP contribution >= 0.6 is 0 Å². The van der Waals surface area contributed by atoms with Crippen molar-refractivity contribution in [3.8, 4) is 0 Å². The average Bonchev–Trinajstić information content (AvgIpc) is 2.69. The monoisotopic (exact) mass is 202 g/mol. The van der Waals surface area contributed by atoms with Gasteiger partial charge in [0.25, 0.3) is 0 Å². The van der Waals surface area contributed by atoms with Crippen LogP contribution in [0.25, 0.3) is 0 Å². The summed E-state index contributed by atoms with van der Waals surface area (Å²) in [6.07, 6.45) is 0.891. The van der Waals surface area contributed by atoms with Crippen LogP contribution in [0.5, 0.6) is 0 Å². The molecule has 0 saturated carbocycles. The molecule has 0 aromatic heterocycles. The number of methoxy groups -OCH3 is 1. The third-order valence-electron chi connectivity index (χ3n) is 2.71. The van der Waals surface area contributed by atoms with E-state index >= 15 is 0 Å². The molecule has 1 N–H and O–H groups in total. The summed E-state index contributed by atoms with van der Waals surface area (Å²) in [6, 6.07) is 0. The molecule has 3 atom stereocenters. The minimum atomic E-state index is -0.452. The van der Waals surface area contributed by atoms with E-state index in [9.17, 15) is 9.90 Å². The molecule has 4 heteroatoms. The van der Waals surface area contributed by atoms with Crippen LogP contribution < -0.4 is 0 Å². The molecule has 0 amide bonds. The van der Waals surface area contributed by atoms with E-state index in [1.54, 1.807) is 6.92 Å². The number of esters is 1. The molecular formula is C10H18O4. The second kappa shape index (κ2) is 5.32. The molecule has 0 aromatic rings.